The Morgan fingerprint density at radius 3 is 2.55 bits per heavy atom. The summed E-state index contributed by atoms with van der Waals surface area (Å²) in [5.41, 5.74) is -0.0184. The van der Waals surface area contributed by atoms with Gasteiger partial charge in [0, 0.05) is 61.4 Å². The summed E-state index contributed by atoms with van der Waals surface area (Å²) in [5.74, 6) is -0.150. The second-order valence-corrected chi connectivity index (χ2v) is 11.2. The van der Waals surface area contributed by atoms with Gasteiger partial charge in [0.25, 0.3) is 0 Å². The summed E-state index contributed by atoms with van der Waals surface area (Å²) >= 11 is 0.818. The second kappa shape index (κ2) is 10.4. The van der Waals surface area contributed by atoms with Crippen molar-refractivity contribution < 1.29 is 31.1 Å². The smallest absolute Gasteiger partial charge is 0.367 e. The lowest BCUT2D eigenvalue weighted by atomic mass is 9.91. The van der Waals surface area contributed by atoms with Crippen molar-refractivity contribution in [3.8, 4) is 0 Å². The molecule has 0 N–H and O–H groups in total. The standard InChI is InChI=1S/C27H25F6N7OS/c1-16-12-37(9-10-39(16)23(41)14-40-24-17(11-35-40)3-2-7-34-24)21-5-4-20(26(28,29)30)18-6-8-38(13-19(18)21)25-36-22(15-42-25)27(31,32)33/h2-5,7,11,15-16H,6,8-10,12-14H2,1H3/t16-/m1/s1. The molecule has 1 atom stereocenters. The number of halogens is 6. The Morgan fingerprint density at radius 2 is 1.83 bits per heavy atom. The average Bonchev–Trinajstić information content (AvgIpc) is 3.60. The zero-order valence-corrected chi connectivity index (χ0v) is 23.1. The van der Waals surface area contributed by atoms with Crippen LogP contribution in [-0.2, 0) is 36.7 Å². The van der Waals surface area contributed by atoms with E-state index in [2.05, 4.69) is 15.1 Å². The van der Waals surface area contributed by atoms with Crippen molar-refractivity contribution in [3.63, 3.8) is 0 Å². The van der Waals surface area contributed by atoms with E-state index < -0.39 is 23.6 Å². The van der Waals surface area contributed by atoms with Gasteiger partial charge in [-0.3, -0.25) is 4.79 Å². The van der Waals surface area contributed by atoms with E-state index in [0.717, 1.165) is 28.2 Å². The van der Waals surface area contributed by atoms with E-state index in [1.54, 1.807) is 32.9 Å². The first-order valence-electron chi connectivity index (χ1n) is 13.2. The van der Waals surface area contributed by atoms with Crippen molar-refractivity contribution in [1.29, 1.82) is 0 Å². The number of anilines is 2. The number of nitrogens with zero attached hydrogens (tertiary/aromatic N) is 7. The first kappa shape index (κ1) is 28.2. The number of hydrogen-bond acceptors (Lipinski definition) is 7. The van der Waals surface area contributed by atoms with Crippen molar-refractivity contribution in [1.82, 2.24) is 24.6 Å². The van der Waals surface area contributed by atoms with E-state index in [1.165, 1.54) is 6.07 Å². The summed E-state index contributed by atoms with van der Waals surface area (Å²) in [6.45, 7) is 3.07. The zero-order chi connectivity index (χ0) is 29.8. The summed E-state index contributed by atoms with van der Waals surface area (Å²) in [7, 11) is 0. The number of aromatic nitrogens is 4. The number of amides is 1. The normalized spacial score (nSPS) is 18.1. The van der Waals surface area contributed by atoms with Crippen LogP contribution < -0.4 is 9.80 Å². The minimum Gasteiger partial charge on any atom is -0.367 e. The molecule has 0 aliphatic carbocycles. The van der Waals surface area contributed by atoms with Gasteiger partial charge in [-0.05, 0) is 48.7 Å². The Kier molecular flexibility index (Phi) is 7.02. The minimum atomic E-state index is -4.61. The van der Waals surface area contributed by atoms with Crippen LogP contribution in [-0.4, -0.2) is 62.8 Å². The third-order valence-electron chi connectivity index (χ3n) is 7.72. The van der Waals surface area contributed by atoms with Gasteiger partial charge in [0.1, 0.15) is 6.54 Å². The maximum Gasteiger partial charge on any atom is 0.434 e. The number of carbonyl (C=O) groups excluding carboxylic acids is 1. The summed E-state index contributed by atoms with van der Waals surface area (Å²) in [6, 6.07) is 5.89. The third kappa shape index (κ3) is 5.25. The molecule has 2 aliphatic rings. The van der Waals surface area contributed by atoms with Gasteiger partial charge in [-0.1, -0.05) is 0 Å². The monoisotopic (exact) mass is 609 g/mol. The molecule has 42 heavy (non-hydrogen) atoms. The molecule has 5 heterocycles. The van der Waals surface area contributed by atoms with Crippen molar-refractivity contribution in [3.05, 3.63) is 64.4 Å². The topological polar surface area (TPSA) is 70.4 Å². The van der Waals surface area contributed by atoms with Gasteiger partial charge in [0.15, 0.2) is 16.5 Å². The number of pyridine rings is 1. The number of hydrogen-bond donors (Lipinski definition) is 0. The van der Waals surface area contributed by atoms with Crippen LogP contribution in [0.3, 0.4) is 0 Å². The summed E-state index contributed by atoms with van der Waals surface area (Å²) in [5, 5.41) is 6.12. The van der Waals surface area contributed by atoms with E-state index in [0.29, 0.717) is 36.5 Å². The van der Waals surface area contributed by atoms with Gasteiger partial charge in [0.2, 0.25) is 5.91 Å². The molecule has 0 unspecified atom stereocenters. The van der Waals surface area contributed by atoms with Crippen LogP contribution in [0, 0.1) is 0 Å². The maximum atomic E-state index is 13.9. The van der Waals surface area contributed by atoms with Gasteiger partial charge in [0.05, 0.1) is 11.8 Å². The summed E-state index contributed by atoms with van der Waals surface area (Å²) in [6.07, 6.45) is -5.89. The minimum absolute atomic E-state index is 0.00319. The van der Waals surface area contributed by atoms with Crippen LogP contribution in [0.4, 0.5) is 37.2 Å². The quantitative estimate of drug-likeness (QED) is 0.296. The molecule has 1 aromatic carbocycles. The molecule has 0 saturated carbocycles. The average molecular weight is 610 g/mol. The lowest BCUT2D eigenvalue weighted by Crippen LogP contribution is -2.55. The molecule has 1 saturated heterocycles. The lowest BCUT2D eigenvalue weighted by molar-refractivity contribution is -0.141. The zero-order valence-electron chi connectivity index (χ0n) is 22.3. The molecule has 8 nitrogen and oxygen atoms in total. The molecule has 6 rings (SSSR count). The number of carbonyl (C=O) groups is 1. The molecular formula is C27H25F6N7OS. The second-order valence-electron chi connectivity index (χ2n) is 10.4. The molecule has 0 spiro atoms. The highest BCUT2D eigenvalue weighted by atomic mass is 32.1. The van der Waals surface area contributed by atoms with Crippen LogP contribution in [0.5, 0.6) is 0 Å². The molecule has 0 bridgehead atoms. The Bertz CT molecular complexity index is 1630. The van der Waals surface area contributed by atoms with E-state index in [4.69, 9.17) is 0 Å². The fraction of sp³-hybridized carbons (Fsp3) is 0.407. The van der Waals surface area contributed by atoms with E-state index in [1.807, 2.05) is 17.9 Å². The van der Waals surface area contributed by atoms with Crippen molar-refractivity contribution in [2.45, 2.75) is 44.8 Å². The van der Waals surface area contributed by atoms with Gasteiger partial charge in [-0.15, -0.1) is 11.3 Å². The van der Waals surface area contributed by atoms with Crippen molar-refractivity contribution in [2.75, 3.05) is 36.0 Å². The number of rotatable bonds is 4. The fourth-order valence-electron chi connectivity index (χ4n) is 5.72. The van der Waals surface area contributed by atoms with Crippen molar-refractivity contribution in [2.24, 2.45) is 0 Å². The predicted octanol–water partition coefficient (Wildman–Crippen LogP) is 5.23. The third-order valence-corrected chi connectivity index (χ3v) is 8.62. The van der Waals surface area contributed by atoms with Gasteiger partial charge >= 0.3 is 12.4 Å². The van der Waals surface area contributed by atoms with E-state index in [-0.39, 0.29) is 48.7 Å². The Hall–Kier alpha value is -3.88. The Morgan fingerprint density at radius 1 is 1.02 bits per heavy atom. The first-order valence-corrected chi connectivity index (χ1v) is 14.1. The van der Waals surface area contributed by atoms with Gasteiger partial charge in [-0.2, -0.15) is 31.4 Å². The predicted molar refractivity (Wildman–Crippen MR) is 144 cm³/mol. The van der Waals surface area contributed by atoms with Crippen LogP contribution in [0.15, 0.2) is 42.0 Å². The molecule has 15 heteroatoms. The SMILES string of the molecule is C[C@@H]1CN(c2ccc(C(F)(F)F)c3c2CN(c2nc(C(F)(F)F)cs2)CC3)CCN1C(=O)Cn1ncc2cccnc21. The van der Waals surface area contributed by atoms with E-state index in [9.17, 15) is 31.1 Å². The molecule has 4 aromatic rings. The summed E-state index contributed by atoms with van der Waals surface area (Å²) < 4.78 is 82.8. The summed E-state index contributed by atoms with van der Waals surface area (Å²) in [4.78, 5) is 26.5. The van der Waals surface area contributed by atoms with E-state index >= 15 is 0 Å². The largest absolute Gasteiger partial charge is 0.434 e. The molecule has 3 aromatic heterocycles. The maximum absolute atomic E-state index is 13.9. The number of alkyl halides is 6. The lowest BCUT2D eigenvalue weighted by Gasteiger charge is -2.43. The molecule has 1 amide bonds. The van der Waals surface area contributed by atoms with Crippen LogP contribution in [0.2, 0.25) is 0 Å². The highest BCUT2D eigenvalue weighted by molar-refractivity contribution is 7.13. The molecule has 1 fully saturated rings. The number of fused-ring (bicyclic) bond motifs is 2. The molecule has 222 valence electrons. The number of benzene rings is 1. The number of thiazole rings is 1. The fourth-order valence-corrected chi connectivity index (χ4v) is 6.58. The molecular weight excluding hydrogens is 584 g/mol. The first-order chi connectivity index (χ1) is 19.9. The highest BCUT2D eigenvalue weighted by Gasteiger charge is 2.39. The van der Waals surface area contributed by atoms with Crippen LogP contribution >= 0.6 is 11.3 Å². The molecule has 2 aliphatic heterocycles. The van der Waals surface area contributed by atoms with Gasteiger partial charge < -0.3 is 14.7 Å². The van der Waals surface area contributed by atoms with Gasteiger partial charge in [-0.25, -0.2) is 14.6 Å². The Balaban J connectivity index is 1.24. The van der Waals surface area contributed by atoms with Crippen LogP contribution in [0.1, 0.15) is 29.3 Å². The number of piperazine rings is 1. The molecule has 0 radical (unpaired) electrons. The Labute approximate surface area is 240 Å². The van der Waals surface area contributed by atoms with Crippen LogP contribution in [0.25, 0.3) is 11.0 Å². The highest BCUT2D eigenvalue weighted by Crippen LogP contribution is 2.42. The van der Waals surface area contributed by atoms with Crippen molar-refractivity contribution >= 4 is 39.1 Å².